The van der Waals surface area contributed by atoms with E-state index in [9.17, 15) is 9.59 Å². The Balaban J connectivity index is 1.85. The minimum Gasteiger partial charge on any atom is -0.497 e. The van der Waals surface area contributed by atoms with Crippen LogP contribution in [0.15, 0.2) is 72.4 Å². The molecule has 3 aromatic rings. The highest BCUT2D eigenvalue weighted by Gasteiger charge is 2.41. The third kappa shape index (κ3) is 4.01. The van der Waals surface area contributed by atoms with Gasteiger partial charge in [-0.25, -0.2) is 4.90 Å². The van der Waals surface area contributed by atoms with Gasteiger partial charge in [0.05, 0.1) is 38.3 Å². The molecule has 2 amide bonds. The summed E-state index contributed by atoms with van der Waals surface area (Å²) in [6, 6.07) is 19.6. The molecule has 1 aliphatic heterocycles. The Morgan fingerprint density at radius 1 is 0.758 bits per heavy atom. The number of amides is 2. The monoisotopic (exact) mass is 444 g/mol. The van der Waals surface area contributed by atoms with Crippen LogP contribution in [0, 0.1) is 6.92 Å². The number of hydrogen-bond donors (Lipinski definition) is 1. The number of aryl methyl sites for hydroxylation is 1. The molecule has 0 bridgehead atoms. The highest BCUT2D eigenvalue weighted by molar-refractivity contribution is 6.46. The van der Waals surface area contributed by atoms with E-state index in [1.54, 1.807) is 37.4 Å². The third-order valence-corrected chi connectivity index (χ3v) is 5.42. The van der Waals surface area contributed by atoms with Gasteiger partial charge in [0.1, 0.15) is 22.9 Å². The van der Waals surface area contributed by atoms with Gasteiger partial charge in [-0.15, -0.1) is 0 Å². The Morgan fingerprint density at radius 2 is 1.45 bits per heavy atom. The molecule has 3 aromatic carbocycles. The smallest absolute Gasteiger partial charge is 0.282 e. The Kier molecular flexibility index (Phi) is 6.04. The van der Waals surface area contributed by atoms with Crippen LogP contribution < -0.4 is 24.4 Å². The molecule has 0 saturated carbocycles. The lowest BCUT2D eigenvalue weighted by atomic mass is 10.0. The molecule has 168 valence electrons. The zero-order chi connectivity index (χ0) is 23.5. The normalized spacial score (nSPS) is 13.4. The van der Waals surface area contributed by atoms with E-state index in [0.717, 1.165) is 10.5 Å². The van der Waals surface area contributed by atoms with Crippen molar-refractivity contribution in [2.24, 2.45) is 0 Å². The maximum atomic E-state index is 13.7. The number of benzene rings is 3. The average Bonchev–Trinajstić information content (AvgIpc) is 3.08. The summed E-state index contributed by atoms with van der Waals surface area (Å²) in [7, 11) is 4.56. The molecule has 0 spiro atoms. The zero-order valence-electron chi connectivity index (χ0n) is 18.8. The number of nitrogens with one attached hydrogen (secondary N) is 1. The molecule has 1 aliphatic rings. The number of imide groups is 1. The molecule has 7 heteroatoms. The van der Waals surface area contributed by atoms with Gasteiger partial charge < -0.3 is 19.5 Å². The summed E-state index contributed by atoms with van der Waals surface area (Å²) >= 11 is 0. The van der Waals surface area contributed by atoms with E-state index in [1.807, 2.05) is 43.3 Å². The predicted molar refractivity (Wildman–Crippen MR) is 127 cm³/mol. The molecule has 0 atom stereocenters. The minimum absolute atomic E-state index is 0.159. The van der Waals surface area contributed by atoms with E-state index in [4.69, 9.17) is 14.2 Å². The van der Waals surface area contributed by atoms with Gasteiger partial charge in [0, 0.05) is 6.07 Å². The van der Waals surface area contributed by atoms with E-state index < -0.39 is 11.8 Å². The number of para-hydroxylation sites is 2. The number of rotatable bonds is 7. The number of ether oxygens (including phenoxy) is 3. The topological polar surface area (TPSA) is 77.1 Å². The largest absolute Gasteiger partial charge is 0.497 e. The van der Waals surface area contributed by atoms with Crippen LogP contribution in [0.25, 0.3) is 5.57 Å². The SMILES string of the molecule is COc1ccc(N2C(=O)C(Nc3ccccc3OC)=C(c3ccc(C)cc3)C2=O)c(OC)c1. The lowest BCUT2D eigenvalue weighted by molar-refractivity contribution is -0.120. The number of nitrogens with zero attached hydrogens (tertiary/aromatic N) is 1. The number of anilines is 2. The van der Waals surface area contributed by atoms with Gasteiger partial charge in [0.25, 0.3) is 11.8 Å². The maximum absolute atomic E-state index is 13.7. The van der Waals surface area contributed by atoms with Crippen molar-refractivity contribution >= 4 is 28.8 Å². The second kappa shape index (κ2) is 9.08. The van der Waals surface area contributed by atoms with E-state index in [-0.39, 0.29) is 11.3 Å². The summed E-state index contributed by atoms with van der Waals surface area (Å²) in [4.78, 5) is 28.4. The highest BCUT2D eigenvalue weighted by atomic mass is 16.5. The van der Waals surface area contributed by atoms with E-state index in [0.29, 0.717) is 34.2 Å². The number of methoxy groups -OCH3 is 3. The quantitative estimate of drug-likeness (QED) is 0.544. The summed E-state index contributed by atoms with van der Waals surface area (Å²) in [6.07, 6.45) is 0. The fourth-order valence-corrected chi connectivity index (χ4v) is 3.70. The Morgan fingerprint density at radius 3 is 2.12 bits per heavy atom. The number of carbonyl (C=O) groups is 2. The van der Waals surface area contributed by atoms with Gasteiger partial charge in [-0.1, -0.05) is 42.0 Å². The minimum atomic E-state index is -0.495. The first kappa shape index (κ1) is 22.0. The summed E-state index contributed by atoms with van der Waals surface area (Å²) in [5, 5.41) is 3.14. The lowest BCUT2D eigenvalue weighted by Gasteiger charge is -2.19. The first-order valence-corrected chi connectivity index (χ1v) is 10.3. The molecule has 1 N–H and O–H groups in total. The maximum Gasteiger partial charge on any atom is 0.282 e. The highest BCUT2D eigenvalue weighted by Crippen LogP contribution is 2.40. The van der Waals surface area contributed by atoms with Crippen molar-refractivity contribution in [3.05, 3.63) is 83.6 Å². The fourth-order valence-electron chi connectivity index (χ4n) is 3.70. The van der Waals surface area contributed by atoms with Crippen molar-refractivity contribution in [3.8, 4) is 17.2 Å². The number of carbonyl (C=O) groups excluding carboxylic acids is 2. The van der Waals surface area contributed by atoms with Crippen molar-refractivity contribution in [2.45, 2.75) is 6.92 Å². The molecular formula is C26H24N2O5. The third-order valence-electron chi connectivity index (χ3n) is 5.42. The molecule has 0 radical (unpaired) electrons. The molecule has 7 nitrogen and oxygen atoms in total. The Labute approximate surface area is 192 Å². The molecule has 0 fully saturated rings. The van der Waals surface area contributed by atoms with E-state index in [1.165, 1.54) is 14.2 Å². The average molecular weight is 444 g/mol. The zero-order valence-corrected chi connectivity index (χ0v) is 18.8. The van der Waals surface area contributed by atoms with Crippen LogP contribution >= 0.6 is 0 Å². The van der Waals surface area contributed by atoms with Crippen LogP contribution in [0.4, 0.5) is 11.4 Å². The first-order valence-electron chi connectivity index (χ1n) is 10.3. The molecule has 33 heavy (non-hydrogen) atoms. The van der Waals surface area contributed by atoms with Crippen molar-refractivity contribution < 1.29 is 23.8 Å². The molecule has 0 saturated heterocycles. The Bertz CT molecular complexity index is 1250. The van der Waals surface area contributed by atoms with Crippen molar-refractivity contribution in [1.29, 1.82) is 0 Å². The molecule has 0 aromatic heterocycles. The van der Waals surface area contributed by atoms with Crippen molar-refractivity contribution in [3.63, 3.8) is 0 Å². The summed E-state index contributed by atoms with van der Waals surface area (Å²) in [5.41, 5.74) is 3.00. The molecule has 0 aliphatic carbocycles. The van der Waals surface area contributed by atoms with Crippen molar-refractivity contribution in [2.75, 3.05) is 31.5 Å². The van der Waals surface area contributed by atoms with Crippen LogP contribution in [-0.2, 0) is 9.59 Å². The van der Waals surface area contributed by atoms with Gasteiger partial charge >= 0.3 is 0 Å². The van der Waals surface area contributed by atoms with E-state index >= 15 is 0 Å². The van der Waals surface area contributed by atoms with Gasteiger partial charge in [-0.2, -0.15) is 0 Å². The molecular weight excluding hydrogens is 420 g/mol. The summed E-state index contributed by atoms with van der Waals surface area (Å²) in [6.45, 7) is 1.96. The van der Waals surface area contributed by atoms with E-state index in [2.05, 4.69) is 5.32 Å². The molecule has 0 unspecified atom stereocenters. The summed E-state index contributed by atoms with van der Waals surface area (Å²) < 4.78 is 16.1. The van der Waals surface area contributed by atoms with Gasteiger partial charge in [-0.3, -0.25) is 9.59 Å². The van der Waals surface area contributed by atoms with Crippen molar-refractivity contribution in [1.82, 2.24) is 0 Å². The van der Waals surface area contributed by atoms with Crippen LogP contribution in [0.3, 0.4) is 0 Å². The summed E-state index contributed by atoms with van der Waals surface area (Å²) in [5.74, 6) is 0.496. The van der Waals surface area contributed by atoms with Crippen LogP contribution in [0.1, 0.15) is 11.1 Å². The van der Waals surface area contributed by atoms with Crippen LogP contribution in [0.5, 0.6) is 17.2 Å². The second-order valence-corrected chi connectivity index (χ2v) is 7.42. The standard InChI is InChI=1S/C26H24N2O5/c1-16-9-11-17(12-10-16)23-24(27-19-7-5-6-8-21(19)32-3)26(30)28(25(23)29)20-14-13-18(31-2)15-22(20)33-4/h5-15,27H,1-4H3. The first-order chi connectivity index (χ1) is 16.0. The fraction of sp³-hybridized carbons (Fsp3) is 0.154. The predicted octanol–water partition coefficient (Wildman–Crippen LogP) is 4.42. The van der Waals surface area contributed by atoms with Gasteiger partial charge in [-0.05, 0) is 36.8 Å². The second-order valence-electron chi connectivity index (χ2n) is 7.42. The van der Waals surface area contributed by atoms with Crippen LogP contribution in [0.2, 0.25) is 0 Å². The lowest BCUT2D eigenvalue weighted by Crippen LogP contribution is -2.32. The molecule has 4 rings (SSSR count). The molecule has 1 heterocycles. The number of hydrogen-bond acceptors (Lipinski definition) is 6. The van der Waals surface area contributed by atoms with Gasteiger partial charge in [0.15, 0.2) is 0 Å². The Hall–Kier alpha value is -4.26. The van der Waals surface area contributed by atoms with Gasteiger partial charge in [0.2, 0.25) is 0 Å². The van der Waals surface area contributed by atoms with Crippen LogP contribution in [-0.4, -0.2) is 33.1 Å².